The summed E-state index contributed by atoms with van der Waals surface area (Å²) in [4.78, 5) is 15.8. The monoisotopic (exact) mass is 343 g/mol. The van der Waals surface area contributed by atoms with Gasteiger partial charge in [0, 0.05) is 28.2 Å². The van der Waals surface area contributed by atoms with Crippen LogP contribution in [0.15, 0.2) is 34.7 Å². The second kappa shape index (κ2) is 5.31. The summed E-state index contributed by atoms with van der Waals surface area (Å²) in [5.41, 5.74) is 1.04. The summed E-state index contributed by atoms with van der Waals surface area (Å²) in [5, 5.41) is 0. The molecule has 0 saturated carbocycles. The molecule has 1 heterocycles. The largest absolute Gasteiger partial charge is 0.461 e. The lowest BCUT2D eigenvalue weighted by Crippen LogP contribution is -2.06. The van der Waals surface area contributed by atoms with Crippen molar-refractivity contribution < 1.29 is 13.9 Å². The Labute approximate surface area is 112 Å². The van der Waals surface area contributed by atoms with Crippen molar-refractivity contribution in [1.82, 2.24) is 4.98 Å². The van der Waals surface area contributed by atoms with Crippen molar-refractivity contribution in [3.63, 3.8) is 0 Å². The number of halogens is 1. The van der Waals surface area contributed by atoms with E-state index in [9.17, 15) is 4.79 Å². The predicted octanol–water partition coefficient (Wildman–Crippen LogP) is 3.12. The number of aromatic nitrogens is 1. The van der Waals surface area contributed by atoms with Crippen LogP contribution < -0.4 is 0 Å². The minimum absolute atomic E-state index is 0.224. The van der Waals surface area contributed by atoms with Crippen LogP contribution >= 0.6 is 22.6 Å². The average Bonchev–Trinajstić information content (AvgIpc) is 2.73. The summed E-state index contributed by atoms with van der Waals surface area (Å²) in [5.74, 6) is -0.00790. The standard InChI is InChI=1S/C12H10INO3/c1-2-16-11(15)9-10(17-12(13)14-9)8-6-4-3-5-7-8/h3-7H,2H2,1H3. The van der Waals surface area contributed by atoms with Crippen LogP contribution in [-0.2, 0) is 4.74 Å². The zero-order valence-electron chi connectivity index (χ0n) is 9.14. The molecule has 1 aromatic carbocycles. The molecule has 0 spiro atoms. The molecule has 0 N–H and O–H groups in total. The molecule has 0 unspecified atom stereocenters. The lowest BCUT2D eigenvalue weighted by molar-refractivity contribution is 0.0520. The molecule has 4 nitrogen and oxygen atoms in total. The number of carbonyl (C=O) groups excluding carboxylic acids is 1. The lowest BCUT2D eigenvalue weighted by atomic mass is 10.1. The predicted molar refractivity (Wildman–Crippen MR) is 70.6 cm³/mol. The number of hydrogen-bond donors (Lipinski definition) is 0. The second-order valence-corrected chi connectivity index (χ2v) is 4.15. The first-order valence-corrected chi connectivity index (χ1v) is 6.19. The van der Waals surface area contributed by atoms with Crippen molar-refractivity contribution in [3.05, 3.63) is 39.9 Å². The van der Waals surface area contributed by atoms with E-state index >= 15 is 0 Å². The molecule has 5 heteroatoms. The Hall–Kier alpha value is -1.37. The summed E-state index contributed by atoms with van der Waals surface area (Å²) < 4.78 is 10.8. The highest BCUT2D eigenvalue weighted by molar-refractivity contribution is 14.1. The molecule has 88 valence electrons. The average molecular weight is 343 g/mol. The van der Waals surface area contributed by atoms with Crippen LogP contribution in [0, 0.1) is 3.90 Å². The van der Waals surface area contributed by atoms with E-state index in [0.717, 1.165) is 5.56 Å². The van der Waals surface area contributed by atoms with Gasteiger partial charge in [-0.2, -0.15) is 4.98 Å². The number of ether oxygens (including phenoxy) is 1. The second-order valence-electron chi connectivity index (χ2n) is 3.23. The SMILES string of the molecule is CCOC(=O)c1nc(I)oc1-c1ccccc1. The fourth-order valence-corrected chi connectivity index (χ4v) is 1.88. The van der Waals surface area contributed by atoms with E-state index in [-0.39, 0.29) is 5.69 Å². The van der Waals surface area contributed by atoms with Crippen molar-refractivity contribution in [2.45, 2.75) is 6.92 Å². The number of rotatable bonds is 3. The van der Waals surface area contributed by atoms with E-state index in [0.29, 0.717) is 16.3 Å². The van der Waals surface area contributed by atoms with Gasteiger partial charge >= 0.3 is 5.97 Å². The smallest absolute Gasteiger partial charge is 0.361 e. The molecule has 0 atom stereocenters. The minimum Gasteiger partial charge on any atom is -0.461 e. The fraction of sp³-hybridized carbons (Fsp3) is 0.167. The molecular formula is C12H10INO3. The third kappa shape index (κ3) is 2.66. The molecule has 0 aliphatic carbocycles. The Morgan fingerprint density at radius 1 is 1.41 bits per heavy atom. The van der Waals surface area contributed by atoms with Gasteiger partial charge in [0.05, 0.1) is 6.61 Å². The summed E-state index contributed by atoms with van der Waals surface area (Å²) in [6, 6.07) is 9.37. The maximum atomic E-state index is 11.7. The van der Waals surface area contributed by atoms with Gasteiger partial charge in [0.25, 0.3) is 3.90 Å². The number of hydrogen-bond acceptors (Lipinski definition) is 4. The third-order valence-electron chi connectivity index (χ3n) is 2.11. The summed E-state index contributed by atoms with van der Waals surface area (Å²) in [6.07, 6.45) is 0. The molecule has 17 heavy (non-hydrogen) atoms. The highest BCUT2D eigenvalue weighted by Crippen LogP contribution is 2.25. The van der Waals surface area contributed by atoms with Crippen molar-refractivity contribution in [1.29, 1.82) is 0 Å². The van der Waals surface area contributed by atoms with E-state index in [1.54, 1.807) is 6.92 Å². The molecule has 0 aliphatic rings. The molecule has 0 saturated heterocycles. The molecule has 1 aromatic heterocycles. The Morgan fingerprint density at radius 2 is 2.12 bits per heavy atom. The molecule has 0 amide bonds. The minimum atomic E-state index is -0.460. The highest BCUT2D eigenvalue weighted by Gasteiger charge is 2.21. The highest BCUT2D eigenvalue weighted by atomic mass is 127. The van der Waals surface area contributed by atoms with Crippen LogP contribution in [0.3, 0.4) is 0 Å². The third-order valence-corrected chi connectivity index (χ3v) is 2.57. The molecule has 0 fully saturated rings. The van der Waals surface area contributed by atoms with Gasteiger partial charge < -0.3 is 9.15 Å². The van der Waals surface area contributed by atoms with Gasteiger partial charge in [-0.15, -0.1) is 0 Å². The Kier molecular flexibility index (Phi) is 3.78. The van der Waals surface area contributed by atoms with Gasteiger partial charge in [-0.05, 0) is 6.92 Å². The zero-order chi connectivity index (χ0) is 12.3. The van der Waals surface area contributed by atoms with E-state index in [1.165, 1.54) is 0 Å². The maximum absolute atomic E-state index is 11.7. The van der Waals surface area contributed by atoms with Crippen LogP contribution in [0.5, 0.6) is 0 Å². The molecule has 2 aromatic rings. The van der Waals surface area contributed by atoms with E-state index in [4.69, 9.17) is 9.15 Å². The van der Waals surface area contributed by atoms with Gasteiger partial charge in [-0.1, -0.05) is 30.3 Å². The molecule has 0 aliphatic heterocycles. The number of benzene rings is 1. The van der Waals surface area contributed by atoms with Crippen LogP contribution in [-0.4, -0.2) is 17.6 Å². The zero-order valence-corrected chi connectivity index (χ0v) is 11.3. The molecule has 2 rings (SSSR count). The van der Waals surface area contributed by atoms with Gasteiger partial charge in [0.2, 0.25) is 0 Å². The first-order valence-electron chi connectivity index (χ1n) is 5.11. The van der Waals surface area contributed by atoms with Gasteiger partial charge in [0.15, 0.2) is 11.5 Å². The molecular weight excluding hydrogens is 333 g/mol. The maximum Gasteiger partial charge on any atom is 0.361 e. The summed E-state index contributed by atoms with van der Waals surface area (Å²) in [7, 11) is 0. The topological polar surface area (TPSA) is 52.3 Å². The van der Waals surface area contributed by atoms with Crippen LogP contribution in [0.1, 0.15) is 17.4 Å². The van der Waals surface area contributed by atoms with Gasteiger partial charge in [-0.25, -0.2) is 4.79 Å². The van der Waals surface area contributed by atoms with Crippen molar-refractivity contribution >= 4 is 28.6 Å². The Morgan fingerprint density at radius 3 is 2.76 bits per heavy atom. The number of esters is 1. The summed E-state index contributed by atoms with van der Waals surface area (Å²) >= 11 is 1.93. The van der Waals surface area contributed by atoms with E-state index in [1.807, 2.05) is 52.9 Å². The van der Waals surface area contributed by atoms with Crippen LogP contribution in [0.2, 0.25) is 0 Å². The quantitative estimate of drug-likeness (QED) is 0.635. The van der Waals surface area contributed by atoms with Crippen molar-refractivity contribution in [3.8, 4) is 11.3 Å². The number of carbonyl (C=O) groups is 1. The first-order chi connectivity index (χ1) is 8.22. The van der Waals surface area contributed by atoms with Crippen molar-refractivity contribution in [2.24, 2.45) is 0 Å². The van der Waals surface area contributed by atoms with Crippen molar-refractivity contribution in [2.75, 3.05) is 6.61 Å². The molecule has 0 radical (unpaired) electrons. The number of oxazole rings is 1. The van der Waals surface area contributed by atoms with Crippen LogP contribution in [0.4, 0.5) is 0 Å². The number of nitrogens with zero attached hydrogens (tertiary/aromatic N) is 1. The first kappa shape index (κ1) is 12.1. The van der Waals surface area contributed by atoms with E-state index < -0.39 is 5.97 Å². The normalized spacial score (nSPS) is 10.2. The Balaban J connectivity index is 2.44. The fourth-order valence-electron chi connectivity index (χ4n) is 1.42. The van der Waals surface area contributed by atoms with Crippen LogP contribution in [0.25, 0.3) is 11.3 Å². The molecule has 0 bridgehead atoms. The lowest BCUT2D eigenvalue weighted by Gasteiger charge is -2.00. The summed E-state index contributed by atoms with van der Waals surface area (Å²) in [6.45, 7) is 2.07. The van der Waals surface area contributed by atoms with Gasteiger partial charge in [-0.3, -0.25) is 0 Å². The van der Waals surface area contributed by atoms with E-state index in [2.05, 4.69) is 4.98 Å². The Bertz CT molecular complexity index is 522. The van der Waals surface area contributed by atoms with Gasteiger partial charge in [0.1, 0.15) is 0 Å².